The van der Waals surface area contributed by atoms with E-state index in [1.54, 1.807) is 39.7 Å². The highest BCUT2D eigenvalue weighted by molar-refractivity contribution is 5.85. The first-order valence-electron chi connectivity index (χ1n) is 23.7. The Morgan fingerprint density at radius 2 is 1.51 bits per heavy atom. The average molecular weight is 920 g/mol. The number of benzene rings is 1. The maximum absolute atomic E-state index is 15.1. The minimum absolute atomic E-state index is 0.131. The lowest BCUT2D eigenvalue weighted by atomic mass is 9.73. The Balaban J connectivity index is 1.60. The predicted molar refractivity (Wildman–Crippen MR) is 243 cm³/mol. The average Bonchev–Trinajstić information content (AvgIpc) is 3.53. The van der Waals surface area contributed by atoms with Crippen molar-refractivity contribution in [3.8, 4) is 0 Å². The normalized spacial score (nSPS) is 42.4. The van der Waals surface area contributed by atoms with Crippen LogP contribution in [0.5, 0.6) is 0 Å². The molecule has 5 rings (SSSR count). The molecule has 65 heavy (non-hydrogen) atoms. The van der Waals surface area contributed by atoms with Crippen LogP contribution in [0.4, 0.5) is 4.79 Å². The standard InChI is InChI=1S/C49H81N3O13/c1-16-36-49(10)41(52(46(57)65-49)23-22-51(13)27-34-20-18-17-19-21-34)30(4)38(53)28(2)25-48(9,59-15)43(64-45-39(54)35(50(11)12)24-29(3)60-45)31(5)40(32(6)44(56)62-36)63-37-26-47(8,58-14)42(55)33(7)61-37/h17-21,28-33,35-37,39-43,45,54-55H,16,22-27H2,1-15H3/t28-,29-,30+,31+,32-,33+,35+,36-,37+,39-,40+,41?,42+,43?,45+,47-,48-,49-/m1/s1. The smallest absolute Gasteiger partial charge is 0.410 e. The number of hydrogen-bond acceptors (Lipinski definition) is 15. The van der Waals surface area contributed by atoms with Crippen LogP contribution in [0.25, 0.3) is 0 Å². The Morgan fingerprint density at radius 3 is 2.11 bits per heavy atom. The van der Waals surface area contributed by atoms with Gasteiger partial charge in [0, 0.05) is 64.1 Å². The van der Waals surface area contributed by atoms with Crippen molar-refractivity contribution >= 4 is 17.8 Å². The second-order valence-corrected chi connectivity index (χ2v) is 20.4. The van der Waals surface area contributed by atoms with Crippen molar-refractivity contribution < 1.29 is 62.5 Å². The third-order valence-electron chi connectivity index (χ3n) is 15.1. The van der Waals surface area contributed by atoms with Crippen LogP contribution in [-0.2, 0) is 54.0 Å². The zero-order valence-electron chi connectivity index (χ0n) is 41.7. The molecule has 0 saturated carbocycles. The van der Waals surface area contributed by atoms with Gasteiger partial charge in [0.2, 0.25) is 0 Å². The van der Waals surface area contributed by atoms with Crippen LogP contribution in [0.15, 0.2) is 30.3 Å². The molecule has 4 saturated heterocycles. The van der Waals surface area contributed by atoms with Crippen molar-refractivity contribution in [2.24, 2.45) is 23.7 Å². The van der Waals surface area contributed by atoms with Gasteiger partial charge >= 0.3 is 12.1 Å². The zero-order valence-corrected chi connectivity index (χ0v) is 41.7. The molecule has 4 aliphatic heterocycles. The summed E-state index contributed by atoms with van der Waals surface area (Å²) in [7, 11) is 8.86. The molecule has 16 heteroatoms. The van der Waals surface area contributed by atoms with Crippen LogP contribution < -0.4 is 0 Å². The topological polar surface area (TPSA) is 175 Å². The Hall–Kier alpha value is -2.77. The second kappa shape index (κ2) is 21.7. The monoisotopic (exact) mass is 920 g/mol. The Morgan fingerprint density at radius 1 is 0.862 bits per heavy atom. The molecule has 0 aliphatic carbocycles. The van der Waals surface area contributed by atoms with Gasteiger partial charge in [-0.15, -0.1) is 0 Å². The molecule has 0 aromatic heterocycles. The molecule has 370 valence electrons. The minimum atomic E-state index is -1.41. The Labute approximate surface area is 387 Å². The van der Waals surface area contributed by atoms with Gasteiger partial charge in [0.05, 0.1) is 47.6 Å². The summed E-state index contributed by atoms with van der Waals surface area (Å²) in [5.74, 6) is -3.86. The molecule has 0 bridgehead atoms. The van der Waals surface area contributed by atoms with Gasteiger partial charge in [0.1, 0.15) is 24.1 Å². The minimum Gasteiger partial charge on any atom is -0.458 e. The molecule has 18 atom stereocenters. The SMILES string of the molecule is CC[C@H]1OC(=O)[C@H](C)[C@@H](O[C@H]2C[C@@](C)(OC)[C@@H](O)[C@H](C)O2)[C@H](C)C(O[C@@H]2O[C@H](C)C[C@H](N(C)C)[C@H]2O)[C@](C)(OC)C[C@@H](C)C(=O)[C@H](C)C2N(CCN(C)Cc3ccccc3)C(=O)O[C@@]21C. The van der Waals surface area contributed by atoms with Gasteiger partial charge in [-0.05, 0) is 87.5 Å². The van der Waals surface area contributed by atoms with E-state index in [9.17, 15) is 19.8 Å². The fourth-order valence-electron chi connectivity index (χ4n) is 11.1. The lowest BCUT2D eigenvalue weighted by Crippen LogP contribution is -2.62. The summed E-state index contributed by atoms with van der Waals surface area (Å²) in [6, 6.07) is 8.95. The summed E-state index contributed by atoms with van der Waals surface area (Å²) in [6.07, 6.45) is -7.40. The Bertz CT molecular complexity index is 1740. The number of likely N-dealkylation sites (N-methyl/N-ethyl adjacent to an activating group) is 2. The fraction of sp³-hybridized carbons (Fsp3) is 0.816. The molecular weight excluding hydrogens is 839 g/mol. The van der Waals surface area contributed by atoms with Gasteiger partial charge in [0.15, 0.2) is 18.2 Å². The number of cyclic esters (lactones) is 1. The molecule has 0 radical (unpaired) electrons. The number of Topliss-reactive ketones (excluding diaryl/α,β-unsaturated/α-hetero) is 1. The van der Waals surface area contributed by atoms with Crippen LogP contribution in [0.2, 0.25) is 0 Å². The van der Waals surface area contributed by atoms with E-state index in [4.69, 9.17) is 37.9 Å². The number of carbonyl (C=O) groups excluding carboxylic acids is 3. The molecule has 0 spiro atoms. The zero-order chi connectivity index (χ0) is 48.3. The first-order valence-corrected chi connectivity index (χ1v) is 23.7. The van der Waals surface area contributed by atoms with Gasteiger partial charge in [-0.1, -0.05) is 58.0 Å². The molecular formula is C49H81N3O13. The predicted octanol–water partition coefficient (Wildman–Crippen LogP) is 5.04. The van der Waals surface area contributed by atoms with E-state index >= 15 is 4.79 Å². The summed E-state index contributed by atoms with van der Waals surface area (Å²) in [5.41, 5.74) is -2.58. The number of ether oxygens (including phenoxy) is 8. The lowest BCUT2D eigenvalue weighted by Gasteiger charge is -2.50. The van der Waals surface area contributed by atoms with Crippen molar-refractivity contribution in [3.05, 3.63) is 35.9 Å². The molecule has 2 unspecified atom stereocenters. The van der Waals surface area contributed by atoms with Crippen LogP contribution in [-0.4, -0.2) is 175 Å². The van der Waals surface area contributed by atoms with Crippen molar-refractivity contribution in [1.82, 2.24) is 14.7 Å². The van der Waals surface area contributed by atoms with Crippen LogP contribution in [0, 0.1) is 23.7 Å². The second-order valence-electron chi connectivity index (χ2n) is 20.4. The highest BCUT2D eigenvalue weighted by Gasteiger charge is 2.61. The highest BCUT2D eigenvalue weighted by atomic mass is 16.7. The maximum atomic E-state index is 15.1. The van der Waals surface area contributed by atoms with E-state index in [1.165, 1.54) is 7.11 Å². The molecule has 1 amide bonds. The van der Waals surface area contributed by atoms with Crippen LogP contribution in [0.3, 0.4) is 0 Å². The number of hydrogen-bond donors (Lipinski definition) is 2. The van der Waals surface area contributed by atoms with Crippen molar-refractivity contribution in [3.63, 3.8) is 0 Å². The number of ketones is 1. The Kier molecular flexibility index (Phi) is 17.7. The summed E-state index contributed by atoms with van der Waals surface area (Å²) in [5, 5.41) is 22.9. The molecule has 4 fully saturated rings. The molecule has 1 aromatic rings. The van der Waals surface area contributed by atoms with E-state index in [2.05, 4.69) is 4.90 Å². The number of aliphatic hydroxyl groups excluding tert-OH is 2. The van der Waals surface area contributed by atoms with Gasteiger partial charge in [-0.25, -0.2) is 4.79 Å². The number of methoxy groups -OCH3 is 2. The largest absolute Gasteiger partial charge is 0.458 e. The number of nitrogens with zero attached hydrogens (tertiary/aromatic N) is 3. The van der Waals surface area contributed by atoms with Crippen molar-refractivity contribution in [1.29, 1.82) is 0 Å². The molecule has 1 aromatic carbocycles. The lowest BCUT2D eigenvalue weighted by molar-refractivity contribution is -0.319. The van der Waals surface area contributed by atoms with Gasteiger partial charge in [-0.2, -0.15) is 0 Å². The summed E-state index contributed by atoms with van der Waals surface area (Å²) < 4.78 is 51.6. The number of carbonyl (C=O) groups is 3. The summed E-state index contributed by atoms with van der Waals surface area (Å²) in [6.45, 7) is 19.6. The molecule has 2 N–H and O–H groups in total. The number of aliphatic hydroxyl groups is 2. The molecule has 4 heterocycles. The number of amides is 1. The number of fused-ring (bicyclic) bond motifs is 1. The molecule has 16 nitrogen and oxygen atoms in total. The third kappa shape index (κ3) is 11.4. The molecule has 4 aliphatic rings. The summed E-state index contributed by atoms with van der Waals surface area (Å²) >= 11 is 0. The number of esters is 1. The van der Waals surface area contributed by atoms with E-state index in [0.717, 1.165) is 5.56 Å². The quantitative estimate of drug-likeness (QED) is 0.252. The van der Waals surface area contributed by atoms with E-state index in [1.807, 2.05) is 97.9 Å². The van der Waals surface area contributed by atoms with Gasteiger partial charge < -0.3 is 57.9 Å². The van der Waals surface area contributed by atoms with E-state index in [-0.39, 0.29) is 43.7 Å². The first-order chi connectivity index (χ1) is 30.4. The van der Waals surface area contributed by atoms with Crippen molar-refractivity contribution in [2.45, 2.75) is 186 Å². The van der Waals surface area contributed by atoms with E-state index in [0.29, 0.717) is 19.5 Å². The fourth-order valence-corrected chi connectivity index (χ4v) is 11.1. The third-order valence-corrected chi connectivity index (χ3v) is 15.1. The maximum Gasteiger partial charge on any atom is 0.410 e. The van der Waals surface area contributed by atoms with Crippen molar-refractivity contribution in [2.75, 3.05) is 48.5 Å². The summed E-state index contributed by atoms with van der Waals surface area (Å²) in [4.78, 5) is 49.8. The van der Waals surface area contributed by atoms with Gasteiger partial charge in [-0.3, -0.25) is 14.5 Å². The van der Waals surface area contributed by atoms with Crippen LogP contribution >= 0.6 is 0 Å². The first kappa shape index (κ1) is 53.2. The highest BCUT2D eigenvalue weighted by Crippen LogP contribution is 2.44. The van der Waals surface area contributed by atoms with Gasteiger partial charge in [0.25, 0.3) is 0 Å². The van der Waals surface area contributed by atoms with Crippen LogP contribution in [0.1, 0.15) is 100 Å². The number of rotatable bonds is 13. The van der Waals surface area contributed by atoms with E-state index < -0.39 is 108 Å².